The van der Waals surface area contributed by atoms with Crippen molar-refractivity contribution < 1.29 is 4.74 Å². The maximum absolute atomic E-state index is 6.04. The third-order valence-corrected chi connectivity index (χ3v) is 3.89. The predicted octanol–water partition coefficient (Wildman–Crippen LogP) is 5.18. The van der Waals surface area contributed by atoms with Gasteiger partial charge in [-0.25, -0.2) is 4.98 Å². The Kier molecular flexibility index (Phi) is 3.69. The first-order valence-electron chi connectivity index (χ1n) is 6.52. The first-order chi connectivity index (χ1) is 9.52. The van der Waals surface area contributed by atoms with E-state index in [-0.39, 0.29) is 0 Å². The van der Waals surface area contributed by atoms with Crippen LogP contribution in [0, 0.1) is 13.8 Å². The van der Waals surface area contributed by atoms with Crippen molar-refractivity contribution in [1.82, 2.24) is 9.97 Å². The largest absolute Gasteiger partial charge is 0.438 e. The number of aryl methyl sites for hydroxylation is 2. The summed E-state index contributed by atoms with van der Waals surface area (Å²) in [7, 11) is 0. The molecule has 1 aromatic carbocycles. The van der Waals surface area contributed by atoms with Gasteiger partial charge in [0.05, 0.1) is 0 Å². The zero-order chi connectivity index (χ0) is 14.3. The lowest BCUT2D eigenvalue weighted by atomic mass is 10.1. The second-order valence-electron chi connectivity index (χ2n) is 5.13. The average molecular weight is 354 g/mol. The van der Waals surface area contributed by atoms with Crippen molar-refractivity contribution in [2.24, 2.45) is 0 Å². The van der Waals surface area contributed by atoms with Crippen LogP contribution in [-0.2, 0) is 0 Å². The van der Waals surface area contributed by atoms with E-state index in [9.17, 15) is 0 Å². The van der Waals surface area contributed by atoms with Crippen molar-refractivity contribution in [2.45, 2.75) is 32.6 Å². The van der Waals surface area contributed by atoms with Gasteiger partial charge in [-0.2, -0.15) is 4.98 Å². The number of benzene rings is 1. The molecule has 1 saturated carbocycles. The minimum atomic E-state index is 0.488. The van der Waals surface area contributed by atoms with Crippen LogP contribution < -0.4 is 4.74 Å². The summed E-state index contributed by atoms with van der Waals surface area (Å²) >= 11 is 9.46. The molecule has 1 aliphatic rings. The zero-order valence-electron chi connectivity index (χ0n) is 11.3. The molecule has 0 spiro atoms. The Morgan fingerprint density at radius 1 is 1.15 bits per heavy atom. The second-order valence-corrected chi connectivity index (χ2v) is 6.38. The molecule has 104 valence electrons. The fourth-order valence-corrected chi connectivity index (χ4v) is 2.86. The summed E-state index contributed by atoms with van der Waals surface area (Å²) in [5.41, 5.74) is 2.00. The van der Waals surface area contributed by atoms with E-state index in [2.05, 4.69) is 25.9 Å². The van der Waals surface area contributed by atoms with Crippen molar-refractivity contribution in [3.05, 3.63) is 44.8 Å². The molecular weight excluding hydrogens is 340 g/mol. The van der Waals surface area contributed by atoms with Gasteiger partial charge >= 0.3 is 0 Å². The Bertz CT molecular complexity index is 648. The van der Waals surface area contributed by atoms with Crippen LogP contribution >= 0.6 is 27.5 Å². The summed E-state index contributed by atoms with van der Waals surface area (Å²) in [6.07, 6.45) is 2.32. The first-order valence-corrected chi connectivity index (χ1v) is 7.69. The summed E-state index contributed by atoms with van der Waals surface area (Å²) in [6.45, 7) is 3.96. The standard InChI is InChI=1S/C15H14BrClN2O/c1-8-5-11(17)6-9(2)14(8)20-13-7-12(16)18-15(19-13)10-3-4-10/h5-7,10H,3-4H2,1-2H3. The summed E-state index contributed by atoms with van der Waals surface area (Å²) in [6, 6.07) is 5.57. The van der Waals surface area contributed by atoms with Gasteiger partial charge in [-0.1, -0.05) is 11.6 Å². The molecule has 1 fully saturated rings. The highest BCUT2D eigenvalue weighted by atomic mass is 79.9. The number of ether oxygens (including phenoxy) is 1. The van der Waals surface area contributed by atoms with Crippen molar-refractivity contribution in [1.29, 1.82) is 0 Å². The van der Waals surface area contributed by atoms with Gasteiger partial charge in [0.2, 0.25) is 5.88 Å². The number of aromatic nitrogens is 2. The Balaban J connectivity index is 1.95. The first kappa shape index (κ1) is 13.8. The van der Waals surface area contributed by atoms with Gasteiger partial charge in [0.15, 0.2) is 0 Å². The molecule has 0 amide bonds. The molecule has 0 unspecified atom stereocenters. The summed E-state index contributed by atoms with van der Waals surface area (Å²) in [5, 5.41) is 0.717. The number of rotatable bonds is 3. The molecule has 0 atom stereocenters. The molecule has 0 bridgehead atoms. The van der Waals surface area contributed by atoms with E-state index in [4.69, 9.17) is 16.3 Å². The van der Waals surface area contributed by atoms with Crippen molar-refractivity contribution in [2.75, 3.05) is 0 Å². The van der Waals surface area contributed by atoms with Gasteiger partial charge in [-0.3, -0.25) is 0 Å². The Hall–Kier alpha value is -1.13. The fraction of sp³-hybridized carbons (Fsp3) is 0.333. The normalized spacial score (nSPS) is 14.4. The smallest absolute Gasteiger partial charge is 0.223 e. The van der Waals surface area contributed by atoms with Crippen LogP contribution in [-0.4, -0.2) is 9.97 Å². The van der Waals surface area contributed by atoms with Crippen LogP contribution in [0.2, 0.25) is 5.02 Å². The lowest BCUT2D eigenvalue weighted by Crippen LogP contribution is -1.98. The van der Waals surface area contributed by atoms with E-state index in [1.165, 1.54) is 0 Å². The molecule has 0 radical (unpaired) electrons. The van der Waals surface area contributed by atoms with Gasteiger partial charge < -0.3 is 4.74 Å². The number of halogens is 2. The Morgan fingerprint density at radius 3 is 2.40 bits per heavy atom. The third-order valence-electron chi connectivity index (χ3n) is 3.26. The van der Waals surface area contributed by atoms with E-state index in [0.717, 1.165) is 45.2 Å². The van der Waals surface area contributed by atoms with Crippen molar-refractivity contribution >= 4 is 27.5 Å². The van der Waals surface area contributed by atoms with E-state index in [1.54, 1.807) is 6.07 Å². The van der Waals surface area contributed by atoms with Gasteiger partial charge in [0.1, 0.15) is 16.2 Å². The van der Waals surface area contributed by atoms with Crippen LogP contribution in [0.3, 0.4) is 0 Å². The van der Waals surface area contributed by atoms with Crippen LogP contribution in [0.1, 0.15) is 35.7 Å². The minimum Gasteiger partial charge on any atom is -0.438 e. The van der Waals surface area contributed by atoms with Gasteiger partial charge in [-0.05, 0) is 65.9 Å². The van der Waals surface area contributed by atoms with E-state index in [0.29, 0.717) is 11.8 Å². The Morgan fingerprint density at radius 2 is 1.80 bits per heavy atom. The SMILES string of the molecule is Cc1cc(Cl)cc(C)c1Oc1cc(Br)nc(C2CC2)n1. The highest BCUT2D eigenvalue weighted by Gasteiger charge is 2.27. The number of nitrogens with zero attached hydrogens (tertiary/aromatic N) is 2. The molecule has 20 heavy (non-hydrogen) atoms. The van der Waals surface area contributed by atoms with E-state index >= 15 is 0 Å². The molecule has 1 aromatic heterocycles. The molecule has 1 aliphatic carbocycles. The lowest BCUT2D eigenvalue weighted by molar-refractivity contribution is 0.451. The minimum absolute atomic E-state index is 0.488. The summed E-state index contributed by atoms with van der Waals surface area (Å²) in [5.74, 6) is 2.73. The molecule has 3 rings (SSSR count). The number of hydrogen-bond acceptors (Lipinski definition) is 3. The highest BCUT2D eigenvalue weighted by molar-refractivity contribution is 9.10. The van der Waals surface area contributed by atoms with Crippen molar-refractivity contribution in [3.8, 4) is 11.6 Å². The molecule has 0 N–H and O–H groups in total. The maximum atomic E-state index is 6.04. The van der Waals surface area contributed by atoms with Crippen molar-refractivity contribution in [3.63, 3.8) is 0 Å². The van der Waals surface area contributed by atoms with E-state index in [1.807, 2.05) is 26.0 Å². The molecule has 3 nitrogen and oxygen atoms in total. The Labute approximate surface area is 131 Å². The summed E-state index contributed by atoms with van der Waals surface area (Å²) in [4.78, 5) is 8.90. The predicted molar refractivity (Wildman–Crippen MR) is 82.7 cm³/mol. The molecule has 2 aromatic rings. The topological polar surface area (TPSA) is 35.0 Å². The van der Waals surface area contributed by atoms with Crippen LogP contribution in [0.15, 0.2) is 22.8 Å². The second kappa shape index (κ2) is 5.34. The fourth-order valence-electron chi connectivity index (χ4n) is 2.15. The molecule has 5 heteroatoms. The highest BCUT2D eigenvalue weighted by Crippen LogP contribution is 2.39. The quantitative estimate of drug-likeness (QED) is 0.713. The third kappa shape index (κ3) is 2.96. The summed E-state index contributed by atoms with van der Waals surface area (Å²) < 4.78 is 6.71. The molecule has 1 heterocycles. The average Bonchev–Trinajstić information content (AvgIpc) is 3.17. The zero-order valence-corrected chi connectivity index (χ0v) is 13.6. The van der Waals surface area contributed by atoms with Gasteiger partial charge in [0, 0.05) is 17.0 Å². The van der Waals surface area contributed by atoms with Crippen LogP contribution in [0.4, 0.5) is 0 Å². The molecular formula is C15H14BrClN2O. The van der Waals surface area contributed by atoms with Crippen LogP contribution in [0.5, 0.6) is 11.6 Å². The monoisotopic (exact) mass is 352 g/mol. The van der Waals surface area contributed by atoms with Gasteiger partial charge in [-0.15, -0.1) is 0 Å². The molecule has 0 saturated heterocycles. The maximum Gasteiger partial charge on any atom is 0.223 e. The molecule has 0 aliphatic heterocycles. The lowest BCUT2D eigenvalue weighted by Gasteiger charge is -2.12. The van der Waals surface area contributed by atoms with Gasteiger partial charge in [0.25, 0.3) is 0 Å². The van der Waals surface area contributed by atoms with E-state index < -0.39 is 0 Å². The van der Waals surface area contributed by atoms with Crippen LogP contribution in [0.25, 0.3) is 0 Å². The number of hydrogen-bond donors (Lipinski definition) is 0.